The molecule has 0 radical (unpaired) electrons. The number of anilines is 1. The minimum atomic E-state index is -0.918. The lowest BCUT2D eigenvalue weighted by atomic mass is 10.1. The average Bonchev–Trinajstić information content (AvgIpc) is 2.36. The van der Waals surface area contributed by atoms with E-state index >= 15 is 0 Å². The third-order valence-corrected chi connectivity index (χ3v) is 2.93. The van der Waals surface area contributed by atoms with Crippen molar-refractivity contribution >= 4 is 11.7 Å². The Morgan fingerprint density at radius 2 is 2.15 bits per heavy atom. The first kappa shape index (κ1) is 16.5. The number of urea groups is 1. The highest BCUT2D eigenvalue weighted by Crippen LogP contribution is 2.19. The third kappa shape index (κ3) is 5.19. The fourth-order valence-corrected chi connectivity index (χ4v) is 1.88. The first-order chi connectivity index (χ1) is 9.23. The summed E-state index contributed by atoms with van der Waals surface area (Å²) in [5.74, 6) is 0. The van der Waals surface area contributed by atoms with E-state index in [1.54, 1.807) is 28.0 Å². The van der Waals surface area contributed by atoms with E-state index in [-0.39, 0.29) is 18.7 Å². The van der Waals surface area contributed by atoms with E-state index in [0.717, 1.165) is 5.56 Å². The van der Waals surface area contributed by atoms with Gasteiger partial charge in [0, 0.05) is 19.8 Å². The zero-order valence-corrected chi connectivity index (χ0v) is 12.8. The lowest BCUT2D eigenvalue weighted by Gasteiger charge is -2.25. The van der Waals surface area contributed by atoms with Crippen molar-refractivity contribution in [2.24, 2.45) is 0 Å². The van der Waals surface area contributed by atoms with E-state index in [1.807, 2.05) is 31.2 Å². The fraction of sp³-hybridized carbons (Fsp3) is 0.533. The predicted octanol–water partition coefficient (Wildman–Crippen LogP) is 2.63. The van der Waals surface area contributed by atoms with Gasteiger partial charge in [0.05, 0.1) is 18.2 Å². The molecule has 0 aromatic heterocycles. The van der Waals surface area contributed by atoms with Crippen molar-refractivity contribution in [1.29, 1.82) is 0 Å². The van der Waals surface area contributed by atoms with Gasteiger partial charge < -0.3 is 20.1 Å². The first-order valence-electron chi connectivity index (χ1n) is 6.60. The molecule has 0 aliphatic carbocycles. The van der Waals surface area contributed by atoms with Gasteiger partial charge in [-0.25, -0.2) is 4.79 Å². The highest BCUT2D eigenvalue weighted by molar-refractivity contribution is 5.89. The lowest BCUT2D eigenvalue weighted by Crippen LogP contribution is -2.41. The number of amides is 2. The summed E-state index contributed by atoms with van der Waals surface area (Å²) in [6.45, 7) is 5.53. The van der Waals surface area contributed by atoms with Crippen LogP contribution in [0.2, 0.25) is 0 Å². The first-order valence-corrected chi connectivity index (χ1v) is 6.60. The molecule has 0 aliphatic heterocycles. The Morgan fingerprint density at radius 1 is 1.50 bits per heavy atom. The number of aliphatic hydroxyl groups is 1. The number of hydrogen-bond acceptors (Lipinski definition) is 3. The standard InChI is InChI=1S/C15H24N2O3/c1-11(20-5)12-7-6-8-13(9-12)16-14(18)17(4)10-15(2,3)19/h6-9,11,19H,10H2,1-5H3,(H,16,18). The summed E-state index contributed by atoms with van der Waals surface area (Å²) >= 11 is 0. The second-order valence-electron chi connectivity index (χ2n) is 5.60. The SMILES string of the molecule is COC(C)c1cccc(NC(=O)N(C)CC(C)(C)O)c1. The predicted molar refractivity (Wildman–Crippen MR) is 79.8 cm³/mol. The molecule has 1 atom stereocenters. The Bertz CT molecular complexity index is 455. The molecule has 0 bridgehead atoms. The third-order valence-electron chi connectivity index (χ3n) is 2.93. The summed E-state index contributed by atoms with van der Waals surface area (Å²) in [4.78, 5) is 13.5. The average molecular weight is 280 g/mol. The van der Waals surface area contributed by atoms with Crippen LogP contribution >= 0.6 is 0 Å². The maximum atomic E-state index is 12.0. The highest BCUT2D eigenvalue weighted by Gasteiger charge is 2.19. The molecule has 1 aromatic rings. The minimum Gasteiger partial charge on any atom is -0.389 e. The molecule has 1 aromatic carbocycles. The van der Waals surface area contributed by atoms with Crippen molar-refractivity contribution in [3.05, 3.63) is 29.8 Å². The van der Waals surface area contributed by atoms with Gasteiger partial charge >= 0.3 is 6.03 Å². The molecule has 5 heteroatoms. The van der Waals surface area contributed by atoms with Crippen LogP contribution in [0.3, 0.4) is 0 Å². The molecule has 0 saturated heterocycles. The van der Waals surface area contributed by atoms with Crippen LogP contribution < -0.4 is 5.32 Å². The summed E-state index contributed by atoms with van der Waals surface area (Å²) in [5, 5.41) is 12.5. The van der Waals surface area contributed by atoms with Gasteiger partial charge in [0.1, 0.15) is 0 Å². The highest BCUT2D eigenvalue weighted by atomic mass is 16.5. The van der Waals surface area contributed by atoms with E-state index in [0.29, 0.717) is 5.69 Å². The van der Waals surface area contributed by atoms with Crippen molar-refractivity contribution < 1.29 is 14.6 Å². The van der Waals surface area contributed by atoms with Crippen LogP contribution in [0.25, 0.3) is 0 Å². The van der Waals surface area contributed by atoms with Crippen LogP contribution in [0.15, 0.2) is 24.3 Å². The molecule has 5 nitrogen and oxygen atoms in total. The number of methoxy groups -OCH3 is 1. The largest absolute Gasteiger partial charge is 0.389 e. The van der Waals surface area contributed by atoms with Gasteiger partial charge in [0.15, 0.2) is 0 Å². The van der Waals surface area contributed by atoms with Crippen molar-refractivity contribution in [2.75, 3.05) is 26.0 Å². The number of nitrogens with one attached hydrogen (secondary N) is 1. The minimum absolute atomic E-state index is 0.0269. The van der Waals surface area contributed by atoms with Crippen molar-refractivity contribution in [1.82, 2.24) is 4.90 Å². The molecule has 2 N–H and O–H groups in total. The van der Waals surface area contributed by atoms with Gasteiger partial charge in [0.25, 0.3) is 0 Å². The topological polar surface area (TPSA) is 61.8 Å². The molecule has 0 saturated carbocycles. The van der Waals surface area contributed by atoms with Gasteiger partial charge in [-0.15, -0.1) is 0 Å². The molecule has 112 valence electrons. The van der Waals surface area contributed by atoms with E-state index in [9.17, 15) is 9.90 Å². The molecule has 0 aliphatic rings. The number of nitrogens with zero attached hydrogens (tertiary/aromatic N) is 1. The van der Waals surface area contributed by atoms with Crippen LogP contribution in [0, 0.1) is 0 Å². The summed E-state index contributed by atoms with van der Waals surface area (Å²) in [6, 6.07) is 7.27. The Hall–Kier alpha value is -1.59. The lowest BCUT2D eigenvalue weighted by molar-refractivity contribution is 0.0550. The second kappa shape index (κ2) is 6.72. The zero-order chi connectivity index (χ0) is 15.3. The van der Waals surface area contributed by atoms with Gasteiger partial charge in [-0.3, -0.25) is 0 Å². The summed E-state index contributed by atoms with van der Waals surface area (Å²) < 4.78 is 5.25. The number of likely N-dealkylation sites (N-methyl/N-ethyl adjacent to an activating group) is 1. The van der Waals surface area contributed by atoms with Crippen molar-refractivity contribution in [3.8, 4) is 0 Å². The quantitative estimate of drug-likeness (QED) is 0.871. The second-order valence-corrected chi connectivity index (χ2v) is 5.60. The van der Waals surface area contributed by atoms with Crippen LogP contribution in [0.4, 0.5) is 10.5 Å². The molecular formula is C15H24N2O3. The maximum Gasteiger partial charge on any atom is 0.321 e. The Morgan fingerprint density at radius 3 is 2.70 bits per heavy atom. The number of carbonyl (C=O) groups is 1. The Kier molecular flexibility index (Phi) is 5.53. The van der Waals surface area contributed by atoms with E-state index in [4.69, 9.17) is 4.74 Å². The van der Waals surface area contributed by atoms with Gasteiger partial charge in [-0.1, -0.05) is 12.1 Å². The Labute approximate surface area is 120 Å². The number of carbonyl (C=O) groups excluding carboxylic acids is 1. The van der Waals surface area contributed by atoms with Crippen LogP contribution in [-0.4, -0.2) is 42.3 Å². The molecule has 20 heavy (non-hydrogen) atoms. The summed E-state index contributed by atoms with van der Waals surface area (Å²) in [6.07, 6.45) is -0.0269. The smallest absolute Gasteiger partial charge is 0.321 e. The molecule has 0 fully saturated rings. The molecule has 1 unspecified atom stereocenters. The van der Waals surface area contributed by atoms with E-state index < -0.39 is 5.60 Å². The normalized spacial score (nSPS) is 12.9. The van der Waals surface area contributed by atoms with Gasteiger partial charge in [-0.05, 0) is 38.5 Å². The van der Waals surface area contributed by atoms with E-state index in [2.05, 4.69) is 5.32 Å². The monoisotopic (exact) mass is 280 g/mol. The number of ether oxygens (including phenoxy) is 1. The Balaban J connectivity index is 2.71. The van der Waals surface area contributed by atoms with Crippen LogP contribution in [0.5, 0.6) is 0 Å². The summed E-state index contributed by atoms with van der Waals surface area (Å²) in [5.41, 5.74) is 0.785. The molecule has 1 rings (SSSR count). The zero-order valence-electron chi connectivity index (χ0n) is 12.8. The van der Waals surface area contributed by atoms with Crippen molar-refractivity contribution in [3.63, 3.8) is 0 Å². The van der Waals surface area contributed by atoms with Gasteiger partial charge in [-0.2, -0.15) is 0 Å². The molecule has 0 spiro atoms. The van der Waals surface area contributed by atoms with E-state index in [1.165, 1.54) is 4.90 Å². The fourth-order valence-electron chi connectivity index (χ4n) is 1.88. The summed E-state index contributed by atoms with van der Waals surface area (Å²) in [7, 11) is 3.29. The van der Waals surface area contributed by atoms with Gasteiger partial charge in [0.2, 0.25) is 0 Å². The van der Waals surface area contributed by atoms with Crippen LogP contribution in [-0.2, 0) is 4.74 Å². The van der Waals surface area contributed by atoms with Crippen molar-refractivity contribution in [2.45, 2.75) is 32.5 Å². The molecule has 2 amide bonds. The molecule has 0 heterocycles. The number of benzene rings is 1. The number of rotatable bonds is 5. The van der Waals surface area contributed by atoms with Crippen LogP contribution in [0.1, 0.15) is 32.4 Å². The maximum absolute atomic E-state index is 12.0. The number of hydrogen-bond donors (Lipinski definition) is 2. The molecular weight excluding hydrogens is 256 g/mol.